The van der Waals surface area contributed by atoms with Gasteiger partial charge in [0.15, 0.2) is 5.78 Å². The number of carbonyl (C=O) groups is 1. The predicted molar refractivity (Wildman–Crippen MR) is 78.6 cm³/mol. The third-order valence-corrected chi connectivity index (χ3v) is 2.99. The third-order valence-electron chi connectivity index (χ3n) is 2.99. The summed E-state index contributed by atoms with van der Waals surface area (Å²) in [6.07, 6.45) is 0.906. The SMILES string of the molecule is CN(C)CC(=O)c1ccc(Cc2ccccc2)cc1. The Morgan fingerprint density at radius 2 is 1.47 bits per heavy atom. The molecule has 0 N–H and O–H groups in total. The number of likely N-dealkylation sites (N-methyl/N-ethyl adjacent to an activating group) is 1. The lowest BCUT2D eigenvalue weighted by atomic mass is 10.0. The lowest BCUT2D eigenvalue weighted by molar-refractivity contribution is 0.0958. The van der Waals surface area contributed by atoms with Gasteiger partial charge >= 0.3 is 0 Å². The number of benzene rings is 2. The summed E-state index contributed by atoms with van der Waals surface area (Å²) in [4.78, 5) is 13.8. The normalized spacial score (nSPS) is 10.7. The molecule has 0 heterocycles. The second-order valence-corrected chi connectivity index (χ2v) is 5.02. The second kappa shape index (κ2) is 6.30. The molecular weight excluding hydrogens is 234 g/mol. The molecule has 2 aromatic carbocycles. The van der Waals surface area contributed by atoms with Crippen LogP contribution in [0.25, 0.3) is 0 Å². The molecule has 0 unspecified atom stereocenters. The van der Waals surface area contributed by atoms with E-state index in [0.29, 0.717) is 6.54 Å². The maximum absolute atomic E-state index is 11.9. The number of nitrogens with zero attached hydrogens (tertiary/aromatic N) is 1. The van der Waals surface area contributed by atoms with E-state index in [-0.39, 0.29) is 5.78 Å². The summed E-state index contributed by atoms with van der Waals surface area (Å²) in [6.45, 7) is 0.456. The summed E-state index contributed by atoms with van der Waals surface area (Å²) >= 11 is 0. The molecule has 19 heavy (non-hydrogen) atoms. The lowest BCUT2D eigenvalue weighted by Crippen LogP contribution is -2.21. The van der Waals surface area contributed by atoms with E-state index in [1.807, 2.05) is 61.5 Å². The van der Waals surface area contributed by atoms with Crippen LogP contribution < -0.4 is 0 Å². The highest BCUT2D eigenvalue weighted by Crippen LogP contribution is 2.11. The molecule has 0 atom stereocenters. The van der Waals surface area contributed by atoms with Crippen molar-refractivity contribution in [2.75, 3.05) is 20.6 Å². The van der Waals surface area contributed by atoms with E-state index < -0.39 is 0 Å². The average Bonchev–Trinajstić information content (AvgIpc) is 2.40. The van der Waals surface area contributed by atoms with Crippen molar-refractivity contribution in [3.8, 4) is 0 Å². The molecular formula is C17H19NO. The number of hydrogen-bond acceptors (Lipinski definition) is 2. The lowest BCUT2D eigenvalue weighted by Gasteiger charge is -2.09. The minimum absolute atomic E-state index is 0.163. The van der Waals surface area contributed by atoms with E-state index in [4.69, 9.17) is 0 Å². The van der Waals surface area contributed by atoms with E-state index in [1.54, 1.807) is 0 Å². The third kappa shape index (κ3) is 4.04. The summed E-state index contributed by atoms with van der Waals surface area (Å²) in [5.41, 5.74) is 3.30. The van der Waals surface area contributed by atoms with Gasteiger partial charge in [-0.2, -0.15) is 0 Å². The van der Waals surface area contributed by atoms with Crippen molar-refractivity contribution >= 4 is 5.78 Å². The maximum atomic E-state index is 11.9. The van der Waals surface area contributed by atoms with Crippen LogP contribution in [-0.2, 0) is 6.42 Å². The van der Waals surface area contributed by atoms with Crippen LogP contribution in [0.4, 0.5) is 0 Å². The Labute approximate surface area is 114 Å². The summed E-state index contributed by atoms with van der Waals surface area (Å²) in [5, 5.41) is 0. The van der Waals surface area contributed by atoms with Gasteiger partial charge in [0.2, 0.25) is 0 Å². The topological polar surface area (TPSA) is 20.3 Å². The molecule has 0 saturated heterocycles. The summed E-state index contributed by atoms with van der Waals surface area (Å²) < 4.78 is 0. The zero-order valence-corrected chi connectivity index (χ0v) is 11.5. The van der Waals surface area contributed by atoms with Crippen molar-refractivity contribution in [2.24, 2.45) is 0 Å². The van der Waals surface area contributed by atoms with E-state index in [0.717, 1.165) is 12.0 Å². The molecule has 0 aliphatic carbocycles. The van der Waals surface area contributed by atoms with Gasteiger partial charge in [-0.25, -0.2) is 0 Å². The smallest absolute Gasteiger partial charge is 0.176 e. The first-order valence-corrected chi connectivity index (χ1v) is 6.46. The highest BCUT2D eigenvalue weighted by molar-refractivity contribution is 5.97. The first-order chi connectivity index (χ1) is 9.15. The quantitative estimate of drug-likeness (QED) is 0.763. The van der Waals surface area contributed by atoms with Crippen LogP contribution in [-0.4, -0.2) is 31.3 Å². The largest absolute Gasteiger partial charge is 0.302 e. The molecule has 98 valence electrons. The molecule has 2 nitrogen and oxygen atoms in total. The minimum atomic E-state index is 0.163. The zero-order chi connectivity index (χ0) is 13.7. The van der Waals surface area contributed by atoms with E-state index in [9.17, 15) is 4.79 Å². The van der Waals surface area contributed by atoms with Crippen molar-refractivity contribution in [2.45, 2.75) is 6.42 Å². The van der Waals surface area contributed by atoms with Crippen molar-refractivity contribution < 1.29 is 4.79 Å². The van der Waals surface area contributed by atoms with Crippen LogP contribution in [0.15, 0.2) is 54.6 Å². The van der Waals surface area contributed by atoms with Gasteiger partial charge in [-0.05, 0) is 31.6 Å². The fourth-order valence-corrected chi connectivity index (χ4v) is 2.02. The first kappa shape index (κ1) is 13.5. The fraction of sp³-hybridized carbons (Fsp3) is 0.235. The van der Waals surface area contributed by atoms with Crippen LogP contribution in [0.5, 0.6) is 0 Å². The van der Waals surface area contributed by atoms with Gasteiger partial charge in [0, 0.05) is 5.56 Å². The summed E-state index contributed by atoms with van der Waals surface area (Å²) in [7, 11) is 3.81. The predicted octanol–water partition coefficient (Wildman–Crippen LogP) is 3.02. The summed E-state index contributed by atoms with van der Waals surface area (Å²) in [6, 6.07) is 18.3. The van der Waals surface area contributed by atoms with Gasteiger partial charge in [-0.3, -0.25) is 4.79 Å². The van der Waals surface area contributed by atoms with Crippen molar-refractivity contribution in [3.05, 3.63) is 71.3 Å². The Kier molecular flexibility index (Phi) is 4.48. The highest BCUT2D eigenvalue weighted by Gasteiger charge is 2.06. The minimum Gasteiger partial charge on any atom is -0.302 e. The van der Waals surface area contributed by atoms with Crippen molar-refractivity contribution in [3.63, 3.8) is 0 Å². The van der Waals surface area contributed by atoms with Crippen LogP contribution >= 0.6 is 0 Å². The number of carbonyl (C=O) groups excluding carboxylic acids is 1. The van der Waals surface area contributed by atoms with Gasteiger partial charge < -0.3 is 4.90 Å². The van der Waals surface area contributed by atoms with Gasteiger partial charge in [0.25, 0.3) is 0 Å². The number of hydrogen-bond donors (Lipinski definition) is 0. The Bertz CT molecular complexity index is 529. The molecule has 2 heteroatoms. The molecule has 0 fully saturated rings. The molecule has 2 rings (SSSR count). The van der Waals surface area contributed by atoms with Crippen molar-refractivity contribution in [1.29, 1.82) is 0 Å². The van der Waals surface area contributed by atoms with E-state index in [2.05, 4.69) is 12.1 Å². The molecule has 0 radical (unpaired) electrons. The molecule has 0 amide bonds. The van der Waals surface area contributed by atoms with Crippen LogP contribution in [0.1, 0.15) is 21.5 Å². The molecule has 0 aliphatic heterocycles. The fourth-order valence-electron chi connectivity index (χ4n) is 2.02. The molecule has 0 bridgehead atoms. The van der Waals surface area contributed by atoms with Crippen LogP contribution in [0, 0.1) is 0 Å². The molecule has 2 aromatic rings. The standard InChI is InChI=1S/C17H19NO/c1-18(2)13-17(19)16-10-8-15(9-11-16)12-14-6-4-3-5-7-14/h3-11H,12-13H2,1-2H3. The summed E-state index contributed by atoms with van der Waals surface area (Å²) in [5.74, 6) is 0.163. The molecule has 0 aliphatic rings. The molecule has 0 spiro atoms. The van der Waals surface area contributed by atoms with Crippen LogP contribution in [0.3, 0.4) is 0 Å². The zero-order valence-electron chi connectivity index (χ0n) is 11.5. The molecule has 0 aromatic heterocycles. The maximum Gasteiger partial charge on any atom is 0.176 e. The number of rotatable bonds is 5. The van der Waals surface area contributed by atoms with Gasteiger partial charge in [0.1, 0.15) is 0 Å². The first-order valence-electron chi connectivity index (χ1n) is 6.46. The Balaban J connectivity index is 2.04. The van der Waals surface area contributed by atoms with Gasteiger partial charge in [-0.15, -0.1) is 0 Å². The number of Topliss-reactive ketones (excluding diaryl/α,β-unsaturated/α-hetero) is 1. The monoisotopic (exact) mass is 253 g/mol. The Hall–Kier alpha value is -1.93. The molecule has 0 saturated carbocycles. The Morgan fingerprint density at radius 3 is 2.05 bits per heavy atom. The van der Waals surface area contributed by atoms with Gasteiger partial charge in [0.05, 0.1) is 6.54 Å². The van der Waals surface area contributed by atoms with E-state index in [1.165, 1.54) is 11.1 Å². The average molecular weight is 253 g/mol. The second-order valence-electron chi connectivity index (χ2n) is 5.02. The Morgan fingerprint density at radius 1 is 0.895 bits per heavy atom. The number of ketones is 1. The highest BCUT2D eigenvalue weighted by atomic mass is 16.1. The van der Waals surface area contributed by atoms with E-state index >= 15 is 0 Å². The van der Waals surface area contributed by atoms with Gasteiger partial charge in [-0.1, -0.05) is 54.6 Å². The van der Waals surface area contributed by atoms with Crippen molar-refractivity contribution in [1.82, 2.24) is 4.90 Å². The van der Waals surface area contributed by atoms with Crippen LogP contribution in [0.2, 0.25) is 0 Å².